The van der Waals surface area contributed by atoms with E-state index in [0.29, 0.717) is 13.1 Å². The van der Waals surface area contributed by atoms with E-state index in [4.69, 9.17) is 0 Å². The van der Waals surface area contributed by atoms with Gasteiger partial charge in [-0.1, -0.05) is 19.9 Å². The van der Waals surface area contributed by atoms with Gasteiger partial charge in [0.05, 0.1) is 6.20 Å². The molecule has 0 fully saturated rings. The minimum atomic E-state index is -0.334. The molecule has 112 valence electrons. The van der Waals surface area contributed by atoms with Crippen LogP contribution in [0.1, 0.15) is 25.1 Å². The van der Waals surface area contributed by atoms with Gasteiger partial charge in [-0.2, -0.15) is 0 Å². The molecular formula is C16H21N3O2. The summed E-state index contributed by atoms with van der Waals surface area (Å²) in [6, 6.07) is 5.37. The molecule has 2 heterocycles. The fraction of sp³-hybridized carbons (Fsp3) is 0.375. The molecule has 0 saturated heterocycles. The third-order valence-electron chi connectivity index (χ3n) is 3.55. The Kier molecular flexibility index (Phi) is 5.11. The van der Waals surface area contributed by atoms with Crippen molar-refractivity contribution < 1.29 is 5.11 Å². The van der Waals surface area contributed by atoms with Gasteiger partial charge in [-0.3, -0.25) is 14.7 Å². The zero-order chi connectivity index (χ0) is 15.2. The number of rotatable bonds is 6. The van der Waals surface area contributed by atoms with Crippen molar-refractivity contribution in [1.29, 1.82) is 0 Å². The molecule has 0 bridgehead atoms. The number of hydrogen-bond donors (Lipinski definition) is 1. The summed E-state index contributed by atoms with van der Waals surface area (Å²) < 4.78 is 1.91. The van der Waals surface area contributed by atoms with E-state index >= 15 is 0 Å². The van der Waals surface area contributed by atoms with E-state index in [-0.39, 0.29) is 11.2 Å². The van der Waals surface area contributed by atoms with Gasteiger partial charge in [-0.05, 0) is 24.7 Å². The van der Waals surface area contributed by atoms with Crippen molar-refractivity contribution in [2.45, 2.75) is 26.9 Å². The highest BCUT2D eigenvalue weighted by molar-refractivity contribution is 5.22. The van der Waals surface area contributed by atoms with Crippen molar-refractivity contribution in [3.8, 4) is 5.75 Å². The summed E-state index contributed by atoms with van der Waals surface area (Å²) in [6.45, 7) is 7.28. The van der Waals surface area contributed by atoms with E-state index in [1.165, 1.54) is 12.3 Å². The van der Waals surface area contributed by atoms with Gasteiger partial charge in [0, 0.05) is 37.2 Å². The van der Waals surface area contributed by atoms with Crippen molar-refractivity contribution in [3.63, 3.8) is 0 Å². The smallest absolute Gasteiger partial charge is 0.223 e. The van der Waals surface area contributed by atoms with Crippen LogP contribution in [0.4, 0.5) is 0 Å². The average molecular weight is 287 g/mol. The third kappa shape index (κ3) is 3.92. The molecule has 0 saturated carbocycles. The highest BCUT2D eigenvalue weighted by Gasteiger charge is 2.09. The average Bonchev–Trinajstić information content (AvgIpc) is 2.50. The molecule has 0 aliphatic rings. The minimum absolute atomic E-state index is 0.220. The van der Waals surface area contributed by atoms with Gasteiger partial charge in [0.2, 0.25) is 5.43 Å². The number of pyridine rings is 2. The second kappa shape index (κ2) is 7.04. The number of aromatic nitrogens is 2. The molecule has 0 aliphatic heterocycles. The number of aromatic hydroxyl groups is 1. The van der Waals surface area contributed by atoms with Gasteiger partial charge in [0.15, 0.2) is 5.75 Å². The van der Waals surface area contributed by atoms with Crippen LogP contribution in [0.5, 0.6) is 5.75 Å². The van der Waals surface area contributed by atoms with Crippen LogP contribution in [0, 0.1) is 0 Å². The van der Waals surface area contributed by atoms with Crippen molar-refractivity contribution >= 4 is 0 Å². The van der Waals surface area contributed by atoms with E-state index in [1.807, 2.05) is 16.7 Å². The summed E-state index contributed by atoms with van der Waals surface area (Å²) in [5.74, 6) is -0.220. The van der Waals surface area contributed by atoms with Gasteiger partial charge >= 0.3 is 0 Å². The van der Waals surface area contributed by atoms with E-state index in [1.54, 1.807) is 12.4 Å². The fourth-order valence-electron chi connectivity index (χ4n) is 2.25. The molecule has 0 amide bonds. The standard InChI is InChI=1S/C16H21N3O2/c1-3-18(4-2)11-14-8-15(20)16(21)12-19(14)10-13-6-5-7-17-9-13/h5-9,12,21H,3-4,10-11H2,1-2H3. The molecule has 0 radical (unpaired) electrons. The SMILES string of the molecule is CCN(CC)Cc1cc(=O)c(O)cn1Cc1cccnc1. The molecule has 5 heteroatoms. The highest BCUT2D eigenvalue weighted by atomic mass is 16.3. The van der Waals surface area contributed by atoms with Gasteiger partial charge < -0.3 is 9.67 Å². The van der Waals surface area contributed by atoms with Crippen LogP contribution in [-0.4, -0.2) is 32.6 Å². The largest absolute Gasteiger partial charge is 0.503 e. The first kappa shape index (κ1) is 15.3. The number of hydrogen-bond acceptors (Lipinski definition) is 4. The lowest BCUT2D eigenvalue weighted by Crippen LogP contribution is -2.26. The lowest BCUT2D eigenvalue weighted by Gasteiger charge is -2.21. The van der Waals surface area contributed by atoms with Crippen LogP contribution in [0.3, 0.4) is 0 Å². The maximum Gasteiger partial charge on any atom is 0.223 e. The molecule has 2 rings (SSSR count). The monoisotopic (exact) mass is 287 g/mol. The van der Waals surface area contributed by atoms with Crippen LogP contribution in [0.2, 0.25) is 0 Å². The second-order valence-corrected chi connectivity index (χ2v) is 4.96. The molecule has 0 aromatic carbocycles. The zero-order valence-corrected chi connectivity index (χ0v) is 12.5. The van der Waals surface area contributed by atoms with Crippen molar-refractivity contribution in [3.05, 3.63) is 58.3 Å². The van der Waals surface area contributed by atoms with Gasteiger partial charge in [0.1, 0.15) is 0 Å². The summed E-state index contributed by atoms with van der Waals surface area (Å²) in [4.78, 5) is 18.0. The molecule has 0 atom stereocenters. The predicted molar refractivity (Wildman–Crippen MR) is 82.3 cm³/mol. The first-order valence-electron chi connectivity index (χ1n) is 7.17. The van der Waals surface area contributed by atoms with Crippen molar-refractivity contribution in [2.75, 3.05) is 13.1 Å². The summed E-state index contributed by atoms with van der Waals surface area (Å²) in [7, 11) is 0. The Morgan fingerprint density at radius 3 is 2.71 bits per heavy atom. The van der Waals surface area contributed by atoms with Gasteiger partial charge in [-0.25, -0.2) is 0 Å². The molecule has 0 unspecified atom stereocenters. The molecule has 5 nitrogen and oxygen atoms in total. The van der Waals surface area contributed by atoms with Crippen LogP contribution < -0.4 is 5.43 Å². The van der Waals surface area contributed by atoms with Crippen LogP contribution in [0.15, 0.2) is 41.6 Å². The predicted octanol–water partition coefficient (Wildman–Crippen LogP) is 1.84. The molecule has 1 N–H and O–H groups in total. The van der Waals surface area contributed by atoms with Crippen LogP contribution >= 0.6 is 0 Å². The molecule has 21 heavy (non-hydrogen) atoms. The molecule has 0 aliphatic carbocycles. The zero-order valence-electron chi connectivity index (χ0n) is 12.5. The quantitative estimate of drug-likeness (QED) is 0.880. The summed E-state index contributed by atoms with van der Waals surface area (Å²) >= 11 is 0. The Morgan fingerprint density at radius 1 is 1.33 bits per heavy atom. The van der Waals surface area contributed by atoms with Crippen molar-refractivity contribution in [1.82, 2.24) is 14.5 Å². The Labute approximate surface area is 124 Å². The van der Waals surface area contributed by atoms with Crippen molar-refractivity contribution in [2.24, 2.45) is 0 Å². The normalized spacial score (nSPS) is 11.0. The maximum atomic E-state index is 11.7. The highest BCUT2D eigenvalue weighted by Crippen LogP contribution is 2.11. The molecule has 2 aromatic heterocycles. The van der Waals surface area contributed by atoms with Gasteiger partial charge in [-0.15, -0.1) is 0 Å². The van der Waals surface area contributed by atoms with Gasteiger partial charge in [0.25, 0.3) is 0 Å². The molecule has 0 spiro atoms. The molecule has 2 aromatic rings. The van der Waals surface area contributed by atoms with Crippen LogP contribution in [-0.2, 0) is 13.1 Å². The summed E-state index contributed by atoms with van der Waals surface area (Å²) in [5.41, 5.74) is 1.59. The third-order valence-corrected chi connectivity index (χ3v) is 3.55. The van der Waals surface area contributed by atoms with Crippen LogP contribution in [0.25, 0.3) is 0 Å². The topological polar surface area (TPSA) is 58.4 Å². The Balaban J connectivity index is 2.34. The lowest BCUT2D eigenvalue weighted by molar-refractivity contribution is 0.286. The summed E-state index contributed by atoms with van der Waals surface area (Å²) in [6.07, 6.45) is 5.02. The van der Waals surface area contributed by atoms with E-state index in [2.05, 4.69) is 23.7 Å². The van der Waals surface area contributed by atoms with E-state index in [0.717, 1.165) is 24.3 Å². The Morgan fingerprint density at radius 2 is 2.10 bits per heavy atom. The second-order valence-electron chi connectivity index (χ2n) is 4.96. The first-order valence-corrected chi connectivity index (χ1v) is 7.17. The number of nitrogens with zero attached hydrogens (tertiary/aromatic N) is 3. The fourth-order valence-corrected chi connectivity index (χ4v) is 2.25. The summed E-state index contributed by atoms with van der Waals surface area (Å²) in [5, 5.41) is 9.69. The first-order chi connectivity index (χ1) is 10.1. The maximum absolute atomic E-state index is 11.7. The minimum Gasteiger partial charge on any atom is -0.503 e. The lowest BCUT2D eigenvalue weighted by atomic mass is 10.2. The Bertz CT molecular complexity index is 634. The Hall–Kier alpha value is -2.14. The van der Waals surface area contributed by atoms with E-state index in [9.17, 15) is 9.90 Å². The molecular weight excluding hydrogens is 266 g/mol. The van der Waals surface area contributed by atoms with E-state index < -0.39 is 0 Å².